The first-order chi connectivity index (χ1) is 14.8. The summed E-state index contributed by atoms with van der Waals surface area (Å²) in [7, 11) is 6.47. The molecule has 2 aromatic rings. The summed E-state index contributed by atoms with van der Waals surface area (Å²) in [5.41, 5.74) is 4.15. The fraction of sp³-hybridized carbons (Fsp3) is 0.500. The van der Waals surface area contributed by atoms with Gasteiger partial charge in [0.2, 0.25) is 0 Å². The van der Waals surface area contributed by atoms with Crippen LogP contribution in [-0.2, 0) is 0 Å². The van der Waals surface area contributed by atoms with Crippen LogP contribution in [0.25, 0.3) is 0 Å². The van der Waals surface area contributed by atoms with Gasteiger partial charge >= 0.3 is 0 Å². The van der Waals surface area contributed by atoms with Crippen LogP contribution in [-0.4, -0.2) is 68.2 Å². The van der Waals surface area contributed by atoms with Gasteiger partial charge in [0.05, 0.1) is 5.69 Å². The maximum Gasteiger partial charge on any atom is 0.160 e. The summed E-state index contributed by atoms with van der Waals surface area (Å²) in [5.74, 6) is 2.87. The Morgan fingerprint density at radius 2 is 1.84 bits per heavy atom. The van der Waals surface area contributed by atoms with Crippen molar-refractivity contribution in [2.24, 2.45) is 0 Å². The first-order valence-corrected chi connectivity index (χ1v) is 11.1. The fourth-order valence-corrected chi connectivity index (χ4v) is 4.57. The predicted octanol–water partition coefficient (Wildman–Crippen LogP) is 3.46. The molecule has 2 aromatic heterocycles. The summed E-state index contributed by atoms with van der Waals surface area (Å²) >= 11 is 0. The lowest BCUT2D eigenvalue weighted by Crippen LogP contribution is -2.32. The quantitative estimate of drug-likeness (QED) is 0.793. The van der Waals surface area contributed by atoms with Crippen LogP contribution < -0.4 is 20.0 Å². The Labute approximate surface area is 186 Å². The van der Waals surface area contributed by atoms with E-state index in [9.17, 15) is 0 Å². The van der Waals surface area contributed by atoms with Crippen LogP contribution in [0.2, 0.25) is 0 Å². The Bertz CT molecular complexity index is 935. The second-order valence-corrected chi connectivity index (χ2v) is 9.00. The van der Waals surface area contributed by atoms with E-state index in [4.69, 9.17) is 4.98 Å². The smallest absolute Gasteiger partial charge is 0.160 e. The number of aryl methyl sites for hydroxylation is 2. The van der Waals surface area contributed by atoms with E-state index in [0.717, 1.165) is 72.8 Å². The van der Waals surface area contributed by atoms with Crippen molar-refractivity contribution in [2.45, 2.75) is 32.7 Å². The molecule has 7 heteroatoms. The van der Waals surface area contributed by atoms with Crippen LogP contribution in [0.3, 0.4) is 0 Å². The minimum atomic E-state index is 0.578. The lowest BCUT2D eigenvalue weighted by molar-refractivity contribution is 0.315. The Kier molecular flexibility index (Phi) is 6.05. The van der Waals surface area contributed by atoms with Gasteiger partial charge in [0.25, 0.3) is 0 Å². The van der Waals surface area contributed by atoms with Gasteiger partial charge in [0, 0.05) is 56.3 Å². The molecule has 0 aromatic carbocycles. The van der Waals surface area contributed by atoms with Gasteiger partial charge in [-0.3, -0.25) is 4.98 Å². The largest absolute Gasteiger partial charge is 0.372 e. The summed E-state index contributed by atoms with van der Waals surface area (Å²) in [6.45, 7) is 12.3. The van der Waals surface area contributed by atoms with Crippen molar-refractivity contribution in [3.05, 3.63) is 48.1 Å². The van der Waals surface area contributed by atoms with Gasteiger partial charge in [-0.1, -0.05) is 6.58 Å². The molecule has 2 aliphatic heterocycles. The second-order valence-electron chi connectivity index (χ2n) is 9.00. The van der Waals surface area contributed by atoms with Crippen molar-refractivity contribution in [3.8, 4) is 0 Å². The maximum absolute atomic E-state index is 5.16. The predicted molar refractivity (Wildman–Crippen MR) is 130 cm³/mol. The van der Waals surface area contributed by atoms with E-state index < -0.39 is 0 Å². The van der Waals surface area contributed by atoms with Gasteiger partial charge in [-0.2, -0.15) is 0 Å². The lowest BCUT2D eigenvalue weighted by atomic mass is 10.2. The number of pyridine rings is 2. The number of aromatic nitrogens is 2. The Hall–Kier alpha value is -2.80. The minimum Gasteiger partial charge on any atom is -0.372 e. The van der Waals surface area contributed by atoms with Crippen LogP contribution in [0.4, 0.5) is 23.0 Å². The maximum atomic E-state index is 5.16. The van der Waals surface area contributed by atoms with E-state index in [1.807, 2.05) is 13.8 Å². The first kappa shape index (κ1) is 21.4. The van der Waals surface area contributed by atoms with E-state index >= 15 is 0 Å². The topological polar surface area (TPSA) is 50.8 Å². The first-order valence-electron chi connectivity index (χ1n) is 11.1. The zero-order chi connectivity index (χ0) is 22.1. The number of hydrogen-bond donors (Lipinski definition) is 1. The molecule has 0 bridgehead atoms. The molecule has 7 nitrogen and oxygen atoms in total. The molecule has 0 unspecified atom stereocenters. The van der Waals surface area contributed by atoms with Crippen molar-refractivity contribution in [1.82, 2.24) is 14.9 Å². The fourth-order valence-electron chi connectivity index (χ4n) is 4.57. The second kappa shape index (κ2) is 8.75. The van der Waals surface area contributed by atoms with Crippen molar-refractivity contribution >= 4 is 23.0 Å². The number of nitrogens with zero attached hydrogens (tertiary/aromatic N) is 6. The molecule has 166 valence electrons. The van der Waals surface area contributed by atoms with Crippen LogP contribution in [0.15, 0.2) is 36.7 Å². The third kappa shape index (κ3) is 4.61. The zero-order valence-corrected chi connectivity index (χ0v) is 19.5. The zero-order valence-electron chi connectivity index (χ0n) is 19.5. The van der Waals surface area contributed by atoms with Gasteiger partial charge in [0.1, 0.15) is 11.6 Å². The molecule has 0 saturated carbocycles. The van der Waals surface area contributed by atoms with Crippen molar-refractivity contribution in [3.63, 3.8) is 0 Å². The average Bonchev–Trinajstić information content (AvgIpc) is 3.14. The molecule has 1 atom stereocenters. The van der Waals surface area contributed by atoms with Gasteiger partial charge in [0.15, 0.2) is 5.82 Å². The summed E-state index contributed by atoms with van der Waals surface area (Å²) in [5, 5.41) is 3.50. The molecule has 1 fully saturated rings. The Balaban J connectivity index is 1.62. The Morgan fingerprint density at radius 1 is 1.10 bits per heavy atom. The molecule has 2 aliphatic rings. The summed E-state index contributed by atoms with van der Waals surface area (Å²) < 4.78 is 0. The average molecular weight is 422 g/mol. The summed E-state index contributed by atoms with van der Waals surface area (Å²) in [6.07, 6.45) is 2.22. The normalized spacial score (nSPS) is 18.9. The van der Waals surface area contributed by atoms with E-state index in [0.29, 0.717) is 6.04 Å². The molecule has 4 heterocycles. The minimum absolute atomic E-state index is 0.578. The molecule has 0 spiro atoms. The summed E-state index contributed by atoms with van der Waals surface area (Å²) in [6, 6.07) is 9.07. The Morgan fingerprint density at radius 3 is 2.52 bits per heavy atom. The molecular formula is C24H35N7. The molecule has 31 heavy (non-hydrogen) atoms. The number of likely N-dealkylation sites (N-methyl/N-ethyl adjacent to an activating group) is 1. The third-order valence-electron chi connectivity index (χ3n) is 6.30. The summed E-state index contributed by atoms with van der Waals surface area (Å²) in [4.78, 5) is 18.9. The molecule has 0 amide bonds. The SMILES string of the molecule is C=C(Nc1cc(C)nc(C)c1)N1CCCN(C)c2ccc(N3CC[C@H](N(C)C)C3)nc21. The number of fused-ring (bicyclic) bond motifs is 1. The highest BCUT2D eigenvalue weighted by Crippen LogP contribution is 2.35. The van der Waals surface area contributed by atoms with Crippen LogP contribution in [0.1, 0.15) is 24.2 Å². The van der Waals surface area contributed by atoms with Crippen LogP contribution in [0, 0.1) is 13.8 Å². The van der Waals surface area contributed by atoms with Crippen LogP contribution >= 0.6 is 0 Å². The van der Waals surface area contributed by atoms with Gasteiger partial charge in [-0.15, -0.1) is 0 Å². The highest BCUT2D eigenvalue weighted by Gasteiger charge is 2.28. The van der Waals surface area contributed by atoms with Crippen molar-refractivity contribution < 1.29 is 0 Å². The van der Waals surface area contributed by atoms with Gasteiger partial charge in [-0.25, -0.2) is 4.98 Å². The monoisotopic (exact) mass is 421 g/mol. The van der Waals surface area contributed by atoms with E-state index in [-0.39, 0.29) is 0 Å². The van der Waals surface area contributed by atoms with E-state index in [1.54, 1.807) is 0 Å². The molecular weight excluding hydrogens is 386 g/mol. The van der Waals surface area contributed by atoms with E-state index in [2.05, 4.69) is 81.9 Å². The molecule has 0 radical (unpaired) electrons. The molecule has 0 aliphatic carbocycles. The van der Waals surface area contributed by atoms with Crippen molar-refractivity contribution in [2.75, 3.05) is 67.3 Å². The third-order valence-corrected chi connectivity index (χ3v) is 6.30. The van der Waals surface area contributed by atoms with Crippen molar-refractivity contribution in [1.29, 1.82) is 0 Å². The number of nitrogens with one attached hydrogen (secondary N) is 1. The number of anilines is 4. The standard InChI is InChI=1S/C24H35N7/c1-17-14-20(15-18(2)25-17)26-19(3)31-12-7-11-29(6)22-8-9-23(27-24(22)31)30-13-10-21(16-30)28(4)5/h8-9,14-15,21H,3,7,10-13,16H2,1-2,4-6H3,(H,25,26)/t21-/m0/s1. The number of hydrogen-bond acceptors (Lipinski definition) is 7. The highest BCUT2D eigenvalue weighted by molar-refractivity contribution is 5.73. The molecule has 1 N–H and O–H groups in total. The molecule has 1 saturated heterocycles. The number of rotatable bonds is 5. The van der Waals surface area contributed by atoms with Gasteiger partial charge in [-0.05, 0) is 65.0 Å². The molecule has 4 rings (SSSR count). The lowest BCUT2D eigenvalue weighted by Gasteiger charge is -2.29. The van der Waals surface area contributed by atoms with Gasteiger partial charge < -0.3 is 24.9 Å². The highest BCUT2D eigenvalue weighted by atomic mass is 15.3. The van der Waals surface area contributed by atoms with E-state index in [1.165, 1.54) is 6.42 Å². The van der Waals surface area contributed by atoms with Crippen LogP contribution in [0.5, 0.6) is 0 Å².